The highest BCUT2D eigenvalue weighted by Crippen LogP contribution is 2.35. The summed E-state index contributed by atoms with van der Waals surface area (Å²) in [7, 11) is 0. The van der Waals surface area contributed by atoms with Gasteiger partial charge in [-0.15, -0.1) is 0 Å². The molecule has 90 valence electrons. The van der Waals surface area contributed by atoms with Crippen LogP contribution in [0.15, 0.2) is 26.0 Å². The van der Waals surface area contributed by atoms with Crippen molar-refractivity contribution in [2.75, 3.05) is 11.9 Å². The van der Waals surface area contributed by atoms with Crippen molar-refractivity contribution in [2.24, 2.45) is 0 Å². The maximum Gasteiger partial charge on any atom is 0.186 e. The van der Waals surface area contributed by atoms with Gasteiger partial charge in [0.15, 0.2) is 11.1 Å². The molecule has 7 heteroatoms. The van der Waals surface area contributed by atoms with Crippen molar-refractivity contribution in [3.05, 3.63) is 21.1 Å². The summed E-state index contributed by atoms with van der Waals surface area (Å²) in [5.41, 5.74) is 0. The Balaban J connectivity index is 2.89. The topological polar surface area (TPSA) is 46.5 Å². The first-order chi connectivity index (χ1) is 7.56. The van der Waals surface area contributed by atoms with Gasteiger partial charge in [-0.1, -0.05) is 15.9 Å². The smallest absolute Gasteiger partial charge is 0.186 e. The van der Waals surface area contributed by atoms with Crippen molar-refractivity contribution in [3.63, 3.8) is 0 Å². The molecule has 0 amide bonds. The lowest BCUT2D eigenvalue weighted by atomic mass is 10.3. The summed E-state index contributed by atoms with van der Waals surface area (Å²) in [5.74, 6) is 0.648. The summed E-state index contributed by atoms with van der Waals surface area (Å²) in [6, 6.07) is 3.15. The van der Waals surface area contributed by atoms with Crippen LogP contribution in [0.3, 0.4) is 0 Å². The molecule has 0 aromatic heterocycles. The molecule has 0 fully saturated rings. The summed E-state index contributed by atoms with van der Waals surface area (Å²) in [4.78, 5) is 0.326. The van der Waals surface area contributed by atoms with Crippen LogP contribution in [0.25, 0.3) is 0 Å². The van der Waals surface area contributed by atoms with E-state index in [1.165, 1.54) is 0 Å². The van der Waals surface area contributed by atoms with E-state index in [1.807, 2.05) is 0 Å². The normalized spacial score (nSPS) is 12.5. The van der Waals surface area contributed by atoms with Crippen molar-refractivity contribution in [3.8, 4) is 5.75 Å². The molecule has 0 bridgehead atoms. The predicted octanol–water partition coefficient (Wildman–Crippen LogP) is 3.96. The van der Waals surface area contributed by atoms with Crippen LogP contribution in [-0.4, -0.2) is 20.7 Å². The second-order valence-corrected chi connectivity index (χ2v) is 6.33. The van der Waals surface area contributed by atoms with Crippen LogP contribution in [0, 0.1) is 0 Å². The van der Waals surface area contributed by atoms with Gasteiger partial charge >= 0.3 is 0 Å². The number of benzene rings is 1. The van der Waals surface area contributed by atoms with Gasteiger partial charge in [-0.3, -0.25) is 0 Å². The van der Waals surface area contributed by atoms with Crippen LogP contribution in [0.4, 0.5) is 0 Å². The quantitative estimate of drug-likeness (QED) is 0.432. The van der Waals surface area contributed by atoms with Crippen molar-refractivity contribution in [1.29, 1.82) is 0 Å². The molecule has 0 aliphatic carbocycles. The Kier molecular flexibility index (Phi) is 6.50. The highest BCUT2D eigenvalue weighted by molar-refractivity contribution is 9.11. The minimum Gasteiger partial charge on any atom is -0.491 e. The average molecular weight is 437 g/mol. The minimum atomic E-state index is -1.99. The third-order valence-corrected chi connectivity index (χ3v) is 4.08. The number of alkyl halides is 1. The van der Waals surface area contributed by atoms with Crippen LogP contribution >= 0.6 is 47.8 Å². The number of hydrogen-bond acceptors (Lipinski definition) is 2. The Hall–Kier alpha value is 0.570. The molecule has 1 rings (SSSR count). The lowest BCUT2D eigenvalue weighted by Gasteiger charge is -2.10. The largest absolute Gasteiger partial charge is 0.491 e. The van der Waals surface area contributed by atoms with E-state index >= 15 is 0 Å². The van der Waals surface area contributed by atoms with Crippen molar-refractivity contribution >= 4 is 58.9 Å². The Labute approximate surface area is 122 Å². The molecule has 0 aliphatic heterocycles. The Morgan fingerprint density at radius 3 is 2.31 bits per heavy atom. The maximum absolute atomic E-state index is 10.9. The van der Waals surface area contributed by atoms with E-state index in [0.717, 1.165) is 11.8 Å². The van der Waals surface area contributed by atoms with E-state index in [0.29, 0.717) is 26.2 Å². The van der Waals surface area contributed by atoms with E-state index < -0.39 is 11.1 Å². The number of ether oxygens (including phenoxy) is 1. The van der Waals surface area contributed by atoms with Gasteiger partial charge in [0, 0.05) is 5.33 Å². The molecule has 1 atom stereocenters. The summed E-state index contributed by atoms with van der Waals surface area (Å²) in [6.45, 7) is 0.587. The lowest BCUT2D eigenvalue weighted by Crippen LogP contribution is -2.00. The van der Waals surface area contributed by atoms with Crippen LogP contribution in [0.2, 0.25) is 0 Å². The van der Waals surface area contributed by atoms with Crippen LogP contribution in [-0.2, 0) is 11.1 Å². The molecule has 1 N–H and O–H groups in total. The summed E-state index contributed by atoms with van der Waals surface area (Å²) in [6.07, 6.45) is 0.895. The highest BCUT2D eigenvalue weighted by Gasteiger charge is 2.11. The lowest BCUT2D eigenvalue weighted by molar-refractivity contribution is 0.315. The predicted molar refractivity (Wildman–Crippen MR) is 74.8 cm³/mol. The fourth-order valence-electron chi connectivity index (χ4n) is 1.00. The Bertz CT molecular complexity index is 375. The van der Waals surface area contributed by atoms with Gasteiger partial charge in [0.25, 0.3) is 0 Å². The maximum atomic E-state index is 10.9. The second-order valence-electron chi connectivity index (χ2n) is 2.86. The summed E-state index contributed by atoms with van der Waals surface area (Å²) >= 11 is 7.94. The molecule has 1 aromatic rings. The first kappa shape index (κ1) is 14.6. The second kappa shape index (κ2) is 7.10. The molecular formula is C9H9Br3O3S. The van der Waals surface area contributed by atoms with E-state index in [-0.39, 0.29) is 0 Å². The van der Waals surface area contributed by atoms with Crippen LogP contribution in [0.1, 0.15) is 6.42 Å². The molecule has 0 aliphatic rings. The molecule has 16 heavy (non-hydrogen) atoms. The van der Waals surface area contributed by atoms with Crippen molar-refractivity contribution < 1.29 is 13.5 Å². The highest BCUT2D eigenvalue weighted by atomic mass is 79.9. The van der Waals surface area contributed by atoms with E-state index in [2.05, 4.69) is 47.8 Å². The number of hydrogen-bond donors (Lipinski definition) is 1. The number of halogens is 3. The molecule has 0 saturated heterocycles. The minimum absolute atomic E-state index is 0.326. The molecule has 0 spiro atoms. The number of rotatable bonds is 5. The zero-order valence-electron chi connectivity index (χ0n) is 8.08. The first-order valence-electron chi connectivity index (χ1n) is 4.35. The fraction of sp³-hybridized carbons (Fsp3) is 0.333. The monoisotopic (exact) mass is 434 g/mol. The molecular weight excluding hydrogens is 428 g/mol. The van der Waals surface area contributed by atoms with Gasteiger partial charge in [-0.05, 0) is 50.4 Å². The summed E-state index contributed by atoms with van der Waals surface area (Å²) in [5, 5.41) is 0.876. The fourth-order valence-corrected chi connectivity index (χ4v) is 3.39. The van der Waals surface area contributed by atoms with E-state index in [4.69, 9.17) is 9.29 Å². The van der Waals surface area contributed by atoms with Crippen molar-refractivity contribution in [1.82, 2.24) is 0 Å². The first-order valence-corrected chi connectivity index (χ1v) is 8.16. The van der Waals surface area contributed by atoms with E-state index in [9.17, 15) is 4.21 Å². The molecule has 1 aromatic carbocycles. The van der Waals surface area contributed by atoms with Gasteiger partial charge in [-0.25, -0.2) is 4.21 Å². The molecule has 0 heterocycles. The molecule has 0 radical (unpaired) electrons. The van der Waals surface area contributed by atoms with Gasteiger partial charge in [0.1, 0.15) is 5.75 Å². The molecule has 1 unspecified atom stereocenters. The Morgan fingerprint density at radius 1 is 1.31 bits per heavy atom. The Morgan fingerprint density at radius 2 is 1.88 bits per heavy atom. The zero-order chi connectivity index (χ0) is 12.1. The molecule has 0 saturated carbocycles. The average Bonchev–Trinajstić information content (AvgIpc) is 2.21. The van der Waals surface area contributed by atoms with Gasteiger partial charge in [0.2, 0.25) is 0 Å². The van der Waals surface area contributed by atoms with Crippen LogP contribution in [0.5, 0.6) is 5.75 Å². The van der Waals surface area contributed by atoms with Crippen LogP contribution < -0.4 is 4.74 Å². The SMILES string of the molecule is O=S(O)c1cc(Br)c(OCCCBr)c(Br)c1. The van der Waals surface area contributed by atoms with Gasteiger partial charge in [0.05, 0.1) is 20.4 Å². The third-order valence-electron chi connectivity index (χ3n) is 1.70. The van der Waals surface area contributed by atoms with Gasteiger partial charge < -0.3 is 9.29 Å². The summed E-state index contributed by atoms with van der Waals surface area (Å²) < 4.78 is 26.7. The van der Waals surface area contributed by atoms with Gasteiger partial charge in [-0.2, -0.15) is 0 Å². The van der Waals surface area contributed by atoms with E-state index in [1.54, 1.807) is 12.1 Å². The van der Waals surface area contributed by atoms with Crippen molar-refractivity contribution in [2.45, 2.75) is 11.3 Å². The standard InChI is InChI=1S/C9H9Br3O3S/c10-2-1-3-15-9-7(11)4-6(16(13)14)5-8(9)12/h4-5H,1-3H2,(H,13,14). The third kappa shape index (κ3) is 4.10. The zero-order valence-corrected chi connectivity index (χ0v) is 13.7. The molecule has 3 nitrogen and oxygen atoms in total.